The fourth-order valence-corrected chi connectivity index (χ4v) is 2.30. The highest BCUT2D eigenvalue weighted by atomic mass is 32.1. The quantitative estimate of drug-likeness (QED) is 0.779. The van der Waals surface area contributed by atoms with Crippen LogP contribution in [0.25, 0.3) is 0 Å². The fourth-order valence-electron chi connectivity index (χ4n) is 1.40. The smallest absolute Gasteiger partial charge is 0.348 e. The van der Waals surface area contributed by atoms with E-state index in [0.29, 0.717) is 10.6 Å². The molecule has 1 saturated heterocycles. The van der Waals surface area contributed by atoms with Crippen LogP contribution in [0.3, 0.4) is 0 Å². The van der Waals surface area contributed by atoms with Crippen LogP contribution in [0.2, 0.25) is 0 Å². The van der Waals surface area contributed by atoms with Crippen molar-refractivity contribution in [2.45, 2.75) is 12.5 Å². The lowest BCUT2D eigenvalue weighted by molar-refractivity contribution is -0.0410. The Kier molecular flexibility index (Phi) is 3.31. The zero-order valence-corrected chi connectivity index (χ0v) is 9.80. The molecule has 1 aromatic heterocycles. The number of anilines is 2. The monoisotopic (exact) mass is 242 g/mol. The molecule has 0 radical (unpaired) electrons. The van der Waals surface area contributed by atoms with Crippen LogP contribution in [0, 0.1) is 0 Å². The van der Waals surface area contributed by atoms with E-state index in [1.54, 1.807) is 6.07 Å². The number of carbonyl (C=O) groups excluding carboxylic acids is 1. The summed E-state index contributed by atoms with van der Waals surface area (Å²) in [6.07, 6.45) is 1.34. The maximum atomic E-state index is 11.3. The second-order valence-electron chi connectivity index (χ2n) is 3.55. The summed E-state index contributed by atoms with van der Waals surface area (Å²) in [7, 11) is 1.35. The van der Waals surface area contributed by atoms with E-state index in [2.05, 4.69) is 10.1 Å². The number of nitrogens with two attached hydrogens (primary N) is 1. The molecule has 0 spiro atoms. The number of nitrogen functional groups attached to an aromatic ring is 1. The summed E-state index contributed by atoms with van der Waals surface area (Å²) in [6.45, 7) is 1.56. The van der Waals surface area contributed by atoms with Crippen molar-refractivity contribution in [1.82, 2.24) is 0 Å². The number of rotatable bonds is 4. The first-order valence-corrected chi connectivity index (χ1v) is 5.85. The van der Waals surface area contributed by atoms with Gasteiger partial charge in [-0.2, -0.15) is 0 Å². The van der Waals surface area contributed by atoms with E-state index in [1.807, 2.05) is 0 Å². The van der Waals surface area contributed by atoms with Gasteiger partial charge in [0.1, 0.15) is 9.88 Å². The highest BCUT2D eigenvalue weighted by Crippen LogP contribution is 2.31. The van der Waals surface area contributed by atoms with Gasteiger partial charge >= 0.3 is 5.97 Å². The minimum atomic E-state index is -0.357. The van der Waals surface area contributed by atoms with Gasteiger partial charge < -0.3 is 20.5 Å². The molecule has 0 bridgehead atoms. The zero-order chi connectivity index (χ0) is 11.5. The molecule has 5 nitrogen and oxygen atoms in total. The van der Waals surface area contributed by atoms with Crippen molar-refractivity contribution in [3.8, 4) is 0 Å². The van der Waals surface area contributed by atoms with Crippen LogP contribution in [0.15, 0.2) is 6.07 Å². The first-order chi connectivity index (χ1) is 7.70. The van der Waals surface area contributed by atoms with Crippen LogP contribution >= 0.6 is 11.3 Å². The van der Waals surface area contributed by atoms with E-state index in [1.165, 1.54) is 18.4 Å². The third-order valence-corrected chi connectivity index (χ3v) is 3.52. The molecule has 1 atom stereocenters. The van der Waals surface area contributed by atoms with Crippen molar-refractivity contribution in [3.05, 3.63) is 10.9 Å². The molecule has 1 aliphatic heterocycles. The normalized spacial score (nSPS) is 18.9. The van der Waals surface area contributed by atoms with Gasteiger partial charge in [-0.25, -0.2) is 4.79 Å². The van der Waals surface area contributed by atoms with E-state index in [4.69, 9.17) is 10.5 Å². The molecule has 3 N–H and O–H groups in total. The van der Waals surface area contributed by atoms with Gasteiger partial charge in [0.05, 0.1) is 18.9 Å². The molecular weight excluding hydrogens is 228 g/mol. The molecule has 0 saturated carbocycles. The van der Waals surface area contributed by atoms with Crippen LogP contribution in [0.5, 0.6) is 0 Å². The first-order valence-electron chi connectivity index (χ1n) is 5.04. The maximum absolute atomic E-state index is 11.3. The van der Waals surface area contributed by atoms with E-state index in [0.717, 1.165) is 24.6 Å². The second kappa shape index (κ2) is 4.71. The topological polar surface area (TPSA) is 73.6 Å². The van der Waals surface area contributed by atoms with Gasteiger partial charge in [0, 0.05) is 13.2 Å². The Balaban J connectivity index is 1.97. The largest absolute Gasteiger partial charge is 0.465 e. The van der Waals surface area contributed by atoms with Gasteiger partial charge in [-0.1, -0.05) is 0 Å². The van der Waals surface area contributed by atoms with Crippen molar-refractivity contribution in [1.29, 1.82) is 0 Å². The summed E-state index contributed by atoms with van der Waals surface area (Å²) in [4.78, 5) is 11.8. The van der Waals surface area contributed by atoms with Gasteiger partial charge in [0.2, 0.25) is 0 Å². The standard InChI is InChI=1S/C10H14N2O3S/c1-14-10(13)8-4-7(11)9(16-8)12-5-6-2-3-15-6/h4,6,12H,2-3,5,11H2,1H3/t6-/m0/s1. The Morgan fingerprint density at radius 3 is 3.12 bits per heavy atom. The average molecular weight is 242 g/mol. The summed E-state index contributed by atoms with van der Waals surface area (Å²) in [5, 5.41) is 3.98. The van der Waals surface area contributed by atoms with Crippen LogP contribution < -0.4 is 11.1 Å². The minimum Gasteiger partial charge on any atom is -0.465 e. The van der Waals surface area contributed by atoms with Gasteiger partial charge in [0.25, 0.3) is 0 Å². The molecule has 6 heteroatoms. The highest BCUT2D eigenvalue weighted by molar-refractivity contribution is 7.18. The fraction of sp³-hybridized carbons (Fsp3) is 0.500. The molecule has 2 rings (SSSR count). The lowest BCUT2D eigenvalue weighted by Crippen LogP contribution is -2.33. The molecule has 16 heavy (non-hydrogen) atoms. The highest BCUT2D eigenvalue weighted by Gasteiger charge is 2.19. The number of esters is 1. The van der Waals surface area contributed by atoms with Crippen molar-refractivity contribution in [2.75, 3.05) is 31.3 Å². The molecule has 1 aromatic rings. The van der Waals surface area contributed by atoms with Crippen molar-refractivity contribution >= 4 is 28.0 Å². The SMILES string of the molecule is COC(=O)c1cc(N)c(NC[C@@H]2CCO2)s1. The number of ether oxygens (including phenoxy) is 2. The molecule has 0 aromatic carbocycles. The molecular formula is C10H14N2O3S. The van der Waals surface area contributed by atoms with E-state index in [9.17, 15) is 4.79 Å². The molecule has 88 valence electrons. The van der Waals surface area contributed by atoms with E-state index >= 15 is 0 Å². The number of carbonyl (C=O) groups is 1. The Morgan fingerprint density at radius 2 is 2.56 bits per heavy atom. The van der Waals surface area contributed by atoms with Crippen molar-refractivity contribution in [3.63, 3.8) is 0 Å². The Morgan fingerprint density at radius 1 is 1.81 bits per heavy atom. The van der Waals surface area contributed by atoms with Crippen LogP contribution in [0.1, 0.15) is 16.1 Å². The lowest BCUT2D eigenvalue weighted by atomic mass is 10.2. The Labute approximate surface area is 97.5 Å². The van der Waals surface area contributed by atoms with Crippen LogP contribution in [-0.4, -0.2) is 32.3 Å². The second-order valence-corrected chi connectivity index (χ2v) is 4.60. The molecule has 0 aliphatic carbocycles. The third kappa shape index (κ3) is 2.28. The minimum absolute atomic E-state index is 0.267. The van der Waals surface area contributed by atoms with Gasteiger partial charge in [-0.3, -0.25) is 0 Å². The third-order valence-electron chi connectivity index (χ3n) is 2.43. The number of nitrogens with one attached hydrogen (secondary N) is 1. The average Bonchev–Trinajstić information content (AvgIpc) is 2.57. The summed E-state index contributed by atoms with van der Waals surface area (Å²) < 4.78 is 9.90. The van der Waals surface area contributed by atoms with Crippen molar-refractivity contribution in [2.24, 2.45) is 0 Å². The maximum Gasteiger partial charge on any atom is 0.348 e. The molecule has 2 heterocycles. The van der Waals surface area contributed by atoms with Crippen molar-refractivity contribution < 1.29 is 14.3 Å². The summed E-state index contributed by atoms with van der Waals surface area (Å²) in [5.74, 6) is -0.357. The Hall–Kier alpha value is -1.27. The number of hydrogen-bond donors (Lipinski definition) is 2. The zero-order valence-electron chi connectivity index (χ0n) is 8.99. The van der Waals surface area contributed by atoms with Gasteiger partial charge in [-0.05, 0) is 12.5 Å². The molecule has 1 aliphatic rings. The lowest BCUT2D eigenvalue weighted by Gasteiger charge is -2.26. The molecule has 1 fully saturated rings. The predicted octanol–water partition coefficient (Wildman–Crippen LogP) is 1.32. The number of hydrogen-bond acceptors (Lipinski definition) is 6. The summed E-state index contributed by atoms with van der Waals surface area (Å²) in [6, 6.07) is 1.63. The van der Waals surface area contributed by atoms with Gasteiger partial charge in [0.15, 0.2) is 0 Å². The molecule has 0 unspecified atom stereocenters. The molecule has 0 amide bonds. The number of methoxy groups -OCH3 is 1. The summed E-state index contributed by atoms with van der Waals surface area (Å²) >= 11 is 1.30. The van der Waals surface area contributed by atoms with E-state index in [-0.39, 0.29) is 12.1 Å². The van der Waals surface area contributed by atoms with E-state index < -0.39 is 0 Å². The van der Waals surface area contributed by atoms with Crippen LogP contribution in [0.4, 0.5) is 10.7 Å². The Bertz CT molecular complexity index is 387. The first kappa shape index (κ1) is 11.2. The predicted molar refractivity (Wildman–Crippen MR) is 62.9 cm³/mol. The summed E-state index contributed by atoms with van der Waals surface area (Å²) in [5.41, 5.74) is 6.35. The number of thiophene rings is 1. The van der Waals surface area contributed by atoms with Gasteiger partial charge in [-0.15, -0.1) is 11.3 Å². The van der Waals surface area contributed by atoms with Crippen LogP contribution in [-0.2, 0) is 9.47 Å².